The molecule has 0 saturated heterocycles. The van der Waals surface area contributed by atoms with Crippen LogP contribution in [0, 0.1) is 0 Å². The standard InChI is InChI=1S/C9H18Si3/c1-10-7-4-8(11-2)6-9(5-7)12-3/h7-9H,4-6H2,1-3H3. The Morgan fingerprint density at radius 3 is 1.08 bits per heavy atom. The third-order valence-corrected chi connectivity index (χ3v) is 6.80. The fraction of sp³-hybridized carbons (Fsp3) is 1.00. The molecule has 0 heterocycles. The first-order valence-corrected chi connectivity index (χ1v) is 9.55. The lowest BCUT2D eigenvalue weighted by molar-refractivity contribution is 0.495. The van der Waals surface area contributed by atoms with E-state index in [1.54, 1.807) is 19.3 Å². The molecule has 0 aromatic heterocycles. The Balaban J connectivity index is 2.41. The maximum atomic E-state index is 2.39. The lowest BCUT2D eigenvalue weighted by Crippen LogP contribution is -2.20. The second-order valence-corrected chi connectivity index (χ2v) is 7.85. The fourth-order valence-electron chi connectivity index (χ4n) is 2.03. The van der Waals surface area contributed by atoms with Gasteiger partial charge in [0.25, 0.3) is 0 Å². The molecule has 0 aliphatic heterocycles. The molecule has 0 aromatic rings. The van der Waals surface area contributed by atoms with E-state index < -0.39 is 0 Å². The minimum absolute atomic E-state index is 1.09. The summed E-state index contributed by atoms with van der Waals surface area (Å²) in [5.41, 5.74) is 3.27. The molecular formula is C9H18Si3. The Labute approximate surface area is 84.4 Å². The third kappa shape index (κ3) is 2.85. The van der Waals surface area contributed by atoms with Crippen molar-refractivity contribution in [2.45, 2.75) is 55.5 Å². The van der Waals surface area contributed by atoms with Gasteiger partial charge in [-0.1, -0.05) is 38.9 Å². The van der Waals surface area contributed by atoms with E-state index in [2.05, 4.69) is 19.6 Å². The summed E-state index contributed by atoms with van der Waals surface area (Å²) in [4.78, 5) is 0. The van der Waals surface area contributed by atoms with Crippen molar-refractivity contribution in [3.8, 4) is 0 Å². The predicted molar refractivity (Wildman–Crippen MR) is 60.0 cm³/mol. The normalized spacial score (nSPS) is 36.8. The number of rotatable bonds is 3. The summed E-state index contributed by atoms with van der Waals surface area (Å²) in [5.74, 6) is 0. The molecule has 0 unspecified atom stereocenters. The molecule has 1 saturated carbocycles. The van der Waals surface area contributed by atoms with Crippen molar-refractivity contribution in [3.63, 3.8) is 0 Å². The van der Waals surface area contributed by atoms with E-state index in [4.69, 9.17) is 0 Å². The van der Waals surface area contributed by atoms with Crippen molar-refractivity contribution in [1.82, 2.24) is 0 Å². The molecule has 1 rings (SSSR count). The molecule has 1 aliphatic rings. The first-order valence-electron chi connectivity index (χ1n) is 4.82. The summed E-state index contributed by atoms with van der Waals surface area (Å²) in [5, 5.41) is 0. The molecule has 3 heteroatoms. The molecule has 6 radical (unpaired) electrons. The van der Waals surface area contributed by atoms with Gasteiger partial charge in [0.1, 0.15) is 0 Å². The second-order valence-electron chi connectivity index (χ2n) is 3.66. The van der Waals surface area contributed by atoms with Gasteiger partial charge in [0, 0.05) is 28.6 Å². The van der Waals surface area contributed by atoms with Gasteiger partial charge in [-0.3, -0.25) is 0 Å². The van der Waals surface area contributed by atoms with Crippen LogP contribution in [0.25, 0.3) is 0 Å². The summed E-state index contributed by atoms with van der Waals surface area (Å²) in [6.07, 6.45) is 4.64. The van der Waals surface area contributed by atoms with Gasteiger partial charge < -0.3 is 0 Å². The zero-order chi connectivity index (χ0) is 8.97. The first-order chi connectivity index (χ1) is 5.80. The maximum absolute atomic E-state index is 2.39. The van der Waals surface area contributed by atoms with Gasteiger partial charge in [0.05, 0.1) is 0 Å². The molecule has 0 N–H and O–H groups in total. The Morgan fingerprint density at radius 1 is 0.667 bits per heavy atom. The average molecular weight is 211 g/mol. The smallest absolute Gasteiger partial charge is 0.0378 e. The summed E-state index contributed by atoms with van der Waals surface area (Å²) < 4.78 is 0. The van der Waals surface area contributed by atoms with Crippen LogP contribution >= 0.6 is 0 Å². The van der Waals surface area contributed by atoms with E-state index in [0.29, 0.717) is 0 Å². The van der Waals surface area contributed by atoms with Crippen LogP contribution in [0.1, 0.15) is 19.3 Å². The minimum Gasteiger partial charge on any atom is -0.0731 e. The zero-order valence-electron chi connectivity index (χ0n) is 8.35. The van der Waals surface area contributed by atoms with Gasteiger partial charge >= 0.3 is 0 Å². The van der Waals surface area contributed by atoms with E-state index >= 15 is 0 Å². The SMILES string of the molecule is C[Si]C1CC([Si]C)CC([Si]C)C1. The Bertz CT molecular complexity index is 97.2. The van der Waals surface area contributed by atoms with Crippen LogP contribution in [0.5, 0.6) is 0 Å². The van der Waals surface area contributed by atoms with Crippen LogP contribution < -0.4 is 0 Å². The van der Waals surface area contributed by atoms with Gasteiger partial charge in [-0.05, 0) is 16.6 Å². The van der Waals surface area contributed by atoms with Crippen molar-refractivity contribution in [1.29, 1.82) is 0 Å². The van der Waals surface area contributed by atoms with Crippen LogP contribution in [-0.4, -0.2) is 28.6 Å². The zero-order valence-corrected chi connectivity index (χ0v) is 11.4. The summed E-state index contributed by atoms with van der Waals surface area (Å²) in [7, 11) is 3.58. The Hall–Kier alpha value is 0.651. The molecule has 0 aromatic carbocycles. The highest BCUT2D eigenvalue weighted by Gasteiger charge is 2.26. The van der Waals surface area contributed by atoms with Crippen molar-refractivity contribution >= 4 is 28.6 Å². The molecule has 0 nitrogen and oxygen atoms in total. The van der Waals surface area contributed by atoms with Crippen molar-refractivity contribution < 1.29 is 0 Å². The number of hydrogen-bond donors (Lipinski definition) is 0. The molecular weight excluding hydrogens is 192 g/mol. The van der Waals surface area contributed by atoms with Gasteiger partial charge in [0.15, 0.2) is 0 Å². The van der Waals surface area contributed by atoms with Gasteiger partial charge in [-0.15, -0.1) is 0 Å². The first kappa shape index (κ1) is 10.7. The van der Waals surface area contributed by atoms with E-state index in [9.17, 15) is 0 Å². The molecule has 0 spiro atoms. The Kier molecular flexibility index (Phi) is 4.82. The van der Waals surface area contributed by atoms with Crippen LogP contribution in [0.4, 0.5) is 0 Å². The molecule has 0 bridgehead atoms. The van der Waals surface area contributed by atoms with Crippen LogP contribution in [-0.2, 0) is 0 Å². The van der Waals surface area contributed by atoms with E-state index in [1.165, 1.54) is 28.6 Å². The lowest BCUT2D eigenvalue weighted by Gasteiger charge is -2.33. The summed E-state index contributed by atoms with van der Waals surface area (Å²) in [6.45, 7) is 7.17. The average Bonchev–Trinajstić information content (AvgIpc) is 2.16. The monoisotopic (exact) mass is 210 g/mol. The molecule has 66 valence electrons. The molecule has 1 aliphatic carbocycles. The van der Waals surface area contributed by atoms with Crippen LogP contribution in [0.2, 0.25) is 36.3 Å². The van der Waals surface area contributed by atoms with E-state index in [-0.39, 0.29) is 0 Å². The highest BCUT2D eigenvalue weighted by atomic mass is 28.2. The Morgan fingerprint density at radius 2 is 0.917 bits per heavy atom. The summed E-state index contributed by atoms with van der Waals surface area (Å²) >= 11 is 0. The fourth-order valence-corrected chi connectivity index (χ4v) is 5.85. The van der Waals surface area contributed by atoms with Crippen molar-refractivity contribution in [2.75, 3.05) is 0 Å². The highest BCUT2D eigenvalue weighted by Crippen LogP contribution is 2.42. The lowest BCUT2D eigenvalue weighted by atomic mass is 9.98. The predicted octanol–water partition coefficient (Wildman–Crippen LogP) is 2.79. The van der Waals surface area contributed by atoms with E-state index in [1.807, 2.05) is 0 Å². The second kappa shape index (κ2) is 5.40. The van der Waals surface area contributed by atoms with Crippen LogP contribution in [0.15, 0.2) is 0 Å². The topological polar surface area (TPSA) is 0 Å². The molecule has 0 atom stereocenters. The van der Waals surface area contributed by atoms with E-state index in [0.717, 1.165) is 16.6 Å². The molecule has 12 heavy (non-hydrogen) atoms. The molecule has 0 amide bonds. The maximum Gasteiger partial charge on any atom is 0.0378 e. The van der Waals surface area contributed by atoms with Gasteiger partial charge in [-0.2, -0.15) is 0 Å². The minimum atomic E-state index is 1.09. The quantitative estimate of drug-likeness (QED) is 0.629. The summed E-state index contributed by atoms with van der Waals surface area (Å²) in [6, 6.07) is 0. The largest absolute Gasteiger partial charge is 0.0731 e. The third-order valence-electron chi connectivity index (χ3n) is 2.93. The van der Waals surface area contributed by atoms with Gasteiger partial charge in [-0.25, -0.2) is 0 Å². The van der Waals surface area contributed by atoms with Gasteiger partial charge in [0.2, 0.25) is 0 Å². The van der Waals surface area contributed by atoms with Crippen LogP contribution in [0.3, 0.4) is 0 Å². The highest BCUT2D eigenvalue weighted by molar-refractivity contribution is 6.40. The van der Waals surface area contributed by atoms with Crippen molar-refractivity contribution in [3.05, 3.63) is 0 Å². The van der Waals surface area contributed by atoms with Crippen molar-refractivity contribution in [2.24, 2.45) is 0 Å². The number of hydrogen-bond acceptors (Lipinski definition) is 0. The molecule has 1 fully saturated rings.